The number of halogens is 3. The molecule has 8 nitrogen and oxygen atoms in total. The summed E-state index contributed by atoms with van der Waals surface area (Å²) < 4.78 is 12.9. The van der Waals surface area contributed by atoms with E-state index < -0.39 is 31.7 Å². The van der Waals surface area contributed by atoms with Gasteiger partial charge in [-0.2, -0.15) is 0 Å². The van der Waals surface area contributed by atoms with Gasteiger partial charge in [0.15, 0.2) is 0 Å². The zero-order chi connectivity index (χ0) is 81.6. The zero-order valence-corrected chi connectivity index (χ0v) is 74.4. The molecule has 0 saturated carbocycles. The van der Waals surface area contributed by atoms with Crippen LogP contribution < -0.4 is 69.1 Å². The van der Waals surface area contributed by atoms with Crippen molar-refractivity contribution in [3.63, 3.8) is 0 Å². The van der Waals surface area contributed by atoms with E-state index in [0.29, 0.717) is 10.3 Å². The molecule has 0 amide bonds. The number of H-pyrrole nitrogens is 2. The number of pyridine rings is 2. The summed E-state index contributed by atoms with van der Waals surface area (Å²) in [5.74, 6) is 0. The minimum Gasteiger partial charge on any atom is -0.399 e. The second-order valence-corrected chi connectivity index (χ2v) is 38.3. The van der Waals surface area contributed by atoms with Crippen LogP contribution in [-0.4, -0.2) is 48.2 Å². The topological polar surface area (TPSA) is 102 Å². The van der Waals surface area contributed by atoms with Crippen molar-refractivity contribution in [1.82, 2.24) is 29.9 Å². The molecule has 18 aromatic rings. The largest absolute Gasteiger partial charge is 0.494 e. The predicted octanol–water partition coefficient (Wildman–Crippen LogP) is 21.4. The van der Waals surface area contributed by atoms with E-state index in [0.717, 1.165) is 43.1 Å². The number of rotatable bonds is 14. The molecule has 1 fully saturated rings. The Hall–Kier alpha value is -10.3. The van der Waals surface area contributed by atoms with Gasteiger partial charge < -0.3 is 19.3 Å². The molecule has 0 spiro atoms. The Bertz CT molecular complexity index is 5080. The Morgan fingerprint density at radius 2 is 0.529 bits per heavy atom. The first-order valence-electron chi connectivity index (χ1n) is 38.7. The first kappa shape index (κ1) is 88.0. The van der Waals surface area contributed by atoms with E-state index in [9.17, 15) is 0 Å². The summed E-state index contributed by atoms with van der Waals surface area (Å²) in [4.78, 5) is 22.4. The fraction of sp³-hybridized carbons (Fsp3) is 0.0588. The van der Waals surface area contributed by atoms with E-state index in [1.165, 1.54) is 63.7 Å². The summed E-state index contributed by atoms with van der Waals surface area (Å²) in [5, 5.41) is 17.8. The molecule has 0 unspecified atom stereocenters. The molecule has 19 rings (SSSR count). The molecule has 17 heteroatoms. The summed E-state index contributed by atoms with van der Waals surface area (Å²) >= 11 is 14.8. The van der Waals surface area contributed by atoms with Crippen LogP contribution in [0.25, 0.3) is 33.2 Å². The number of aromatic nitrogens is 6. The second-order valence-electron chi connectivity index (χ2n) is 27.9. The van der Waals surface area contributed by atoms with Crippen LogP contribution in [0.3, 0.4) is 0 Å². The molecule has 0 radical (unpaired) electrons. The van der Waals surface area contributed by atoms with Crippen LogP contribution in [0.5, 0.6) is 0 Å². The Kier molecular flexibility index (Phi) is 33.5. The minimum atomic E-state index is -0.446. The monoisotopic (exact) mass is 1820 g/mol. The van der Waals surface area contributed by atoms with Gasteiger partial charge in [0.2, 0.25) is 0 Å². The molecular weight excluding hydrogens is 1730 g/mol. The number of imidazole rings is 2. The van der Waals surface area contributed by atoms with Crippen LogP contribution in [0.4, 0.5) is 0 Å². The number of fused-ring (bicyclic) bond motifs is 2. The van der Waals surface area contributed by atoms with Crippen molar-refractivity contribution in [2.24, 2.45) is 0 Å². The molecule has 1 aliphatic heterocycles. The maximum atomic E-state index is 6.05. The van der Waals surface area contributed by atoms with E-state index in [1.807, 2.05) is 60.7 Å². The van der Waals surface area contributed by atoms with E-state index in [4.69, 9.17) is 32.5 Å². The normalized spacial score (nSPS) is 12.1. The summed E-state index contributed by atoms with van der Waals surface area (Å²) in [5.41, 5.74) is 6.28. The first-order chi connectivity index (χ1) is 57.8. The van der Waals surface area contributed by atoms with E-state index in [2.05, 4.69) is 438 Å². The smallest absolute Gasteiger partial charge is 0.399 e. The quantitative estimate of drug-likeness (QED) is 0.0639. The minimum absolute atomic E-state index is 0. The van der Waals surface area contributed by atoms with Gasteiger partial charge in [-0.25, -0.2) is 19.9 Å². The molecule has 2 N–H and O–H groups in total. The van der Waals surface area contributed by atoms with Crippen molar-refractivity contribution >= 4 is 169 Å². The Balaban J connectivity index is 0.000000128. The van der Waals surface area contributed by atoms with Crippen LogP contribution in [0.1, 0.15) is 27.7 Å². The number of nitrogens with one attached hydrogen (secondary N) is 2. The van der Waals surface area contributed by atoms with Crippen molar-refractivity contribution in [3.05, 3.63) is 464 Å². The molecule has 14 aromatic carbocycles. The second kappa shape index (κ2) is 45.2. The molecule has 0 bridgehead atoms. The van der Waals surface area contributed by atoms with Gasteiger partial charge in [-0.05, 0) is 199 Å². The van der Waals surface area contributed by atoms with Crippen LogP contribution in [-0.2, 0) is 29.7 Å². The van der Waals surface area contributed by atoms with Crippen molar-refractivity contribution < 1.29 is 29.7 Å². The number of aromatic amines is 2. The average molecular weight is 1820 g/mol. The summed E-state index contributed by atoms with van der Waals surface area (Å²) in [6, 6.07) is 149. The molecular formula is C102H88BBrCl2N6O2P4Pd. The van der Waals surface area contributed by atoms with Crippen molar-refractivity contribution in [3.8, 4) is 11.1 Å². The Morgan fingerprint density at radius 1 is 0.286 bits per heavy atom. The van der Waals surface area contributed by atoms with Gasteiger partial charge in [-0.3, -0.25) is 0 Å². The first-order valence-corrected chi connectivity index (χ1v) is 45.7. The third-order valence-corrected chi connectivity index (χ3v) is 30.6. The summed E-state index contributed by atoms with van der Waals surface area (Å²) in [6.07, 6.45) is 6.70. The number of hydrogen-bond acceptors (Lipinski definition) is 6. The number of nitrogens with zero attached hydrogens (tertiary/aromatic N) is 4. The molecule has 119 heavy (non-hydrogen) atoms. The van der Waals surface area contributed by atoms with Gasteiger partial charge in [0, 0.05) is 38.4 Å². The van der Waals surface area contributed by atoms with Gasteiger partial charge in [0.05, 0.1) is 50.4 Å². The predicted molar refractivity (Wildman–Crippen MR) is 514 cm³/mol. The molecule has 1 aliphatic rings. The van der Waals surface area contributed by atoms with Crippen molar-refractivity contribution in [2.75, 3.05) is 0 Å². The van der Waals surface area contributed by atoms with Crippen LogP contribution >= 0.6 is 70.8 Å². The standard InChI is InChI=1S/4C18H15P.C13H17BN2O2.C12H8ClN3.C5H3BrClN.Pd/c4*1-4-10-16(11-5-1)19(17-12-6-2-7-13-17)18-14-8-3-9-15-18;1-12(2)13(3,4)18-14(17-12)9-5-6-10-11(7-9)16-8-15-10;13-12-9(2-1-5-14-12)8-3-4-10-11(6-8)16-7-15-10;6-4-2-1-3-8-5(4)7;/h4*1-15H;5-8H,1-4H3,(H,15,16);1-7H,(H,15,16);1-3H;. The molecule has 0 aliphatic carbocycles. The zero-order valence-electron chi connectivity index (χ0n) is 66.1. The van der Waals surface area contributed by atoms with Gasteiger partial charge >= 0.3 is 7.12 Å². The third-order valence-electron chi connectivity index (χ3n) is 19.3. The fourth-order valence-corrected chi connectivity index (χ4v) is 22.7. The van der Waals surface area contributed by atoms with E-state index >= 15 is 0 Å². The van der Waals surface area contributed by atoms with Crippen LogP contribution in [0, 0.1) is 0 Å². The third kappa shape index (κ3) is 24.7. The Labute approximate surface area is 737 Å². The summed E-state index contributed by atoms with van der Waals surface area (Å²) in [7, 11) is -2.10. The van der Waals surface area contributed by atoms with Crippen LogP contribution in [0.15, 0.2) is 454 Å². The maximum absolute atomic E-state index is 6.05. The number of benzene rings is 14. The van der Waals surface area contributed by atoms with Crippen molar-refractivity contribution in [1.29, 1.82) is 0 Å². The Morgan fingerprint density at radius 3 is 0.773 bits per heavy atom. The van der Waals surface area contributed by atoms with Gasteiger partial charge in [-0.1, -0.05) is 399 Å². The van der Waals surface area contributed by atoms with Gasteiger partial charge in [0.25, 0.3) is 0 Å². The van der Waals surface area contributed by atoms with Crippen LogP contribution in [0.2, 0.25) is 10.3 Å². The fourth-order valence-electron chi connectivity index (χ4n) is 12.9. The average Bonchev–Trinajstić information content (AvgIpc) is 1.62. The molecule has 1 saturated heterocycles. The van der Waals surface area contributed by atoms with Gasteiger partial charge in [0.1, 0.15) is 10.3 Å². The van der Waals surface area contributed by atoms with Gasteiger partial charge in [-0.15, -0.1) is 0 Å². The molecule has 592 valence electrons. The number of hydrogen-bond donors (Lipinski definition) is 2. The SMILES string of the molecule is CC1(C)OB(c2ccc3nc[nH]c3c2)OC1(C)C.Clc1ncccc1-c1ccc2nc[nH]c2c1.Clc1ncccc1Br.[Pd].c1ccc(P(c2ccccc2)c2ccccc2)cc1.c1ccc(P(c2ccccc2)c2ccccc2)cc1.c1ccc(P(c2ccccc2)c2ccccc2)cc1.c1ccc(P(c2ccccc2)c2ccccc2)cc1. The van der Waals surface area contributed by atoms with Crippen molar-refractivity contribution in [2.45, 2.75) is 38.9 Å². The summed E-state index contributed by atoms with van der Waals surface area (Å²) in [6.45, 7) is 8.23. The van der Waals surface area contributed by atoms with E-state index in [1.54, 1.807) is 25.0 Å². The van der Waals surface area contributed by atoms with E-state index in [-0.39, 0.29) is 38.7 Å². The maximum Gasteiger partial charge on any atom is 0.494 e. The molecule has 0 atom stereocenters. The molecule has 5 heterocycles. The molecule has 4 aromatic heterocycles.